The molecule has 0 heterocycles. The van der Waals surface area contributed by atoms with Crippen LogP contribution in [-0.2, 0) is 6.42 Å². The average molecular weight is 250 g/mol. The molecule has 1 aromatic rings. The molecular weight excluding hydrogens is 242 g/mol. The highest BCUT2D eigenvalue weighted by Gasteiger charge is 2.20. The van der Waals surface area contributed by atoms with Crippen LogP contribution in [0.1, 0.15) is 34.3 Å². The van der Waals surface area contributed by atoms with Gasteiger partial charge in [0, 0.05) is 16.5 Å². The van der Waals surface area contributed by atoms with Crippen molar-refractivity contribution in [3.8, 4) is 6.07 Å². The molecule has 0 N–H and O–H groups in total. The van der Waals surface area contributed by atoms with Gasteiger partial charge in [-0.2, -0.15) is 5.26 Å². The van der Waals surface area contributed by atoms with E-state index in [0.29, 0.717) is 12.0 Å². The summed E-state index contributed by atoms with van der Waals surface area (Å²) < 4.78 is 0.760. The first kappa shape index (κ1) is 9.42. The van der Waals surface area contributed by atoms with E-state index in [9.17, 15) is 4.79 Å². The fourth-order valence-corrected chi connectivity index (χ4v) is 2.52. The lowest BCUT2D eigenvalue weighted by molar-refractivity contribution is 0.0971. The van der Waals surface area contributed by atoms with Crippen molar-refractivity contribution in [1.82, 2.24) is 0 Å². The van der Waals surface area contributed by atoms with Crippen molar-refractivity contribution in [2.24, 2.45) is 0 Å². The van der Waals surface area contributed by atoms with Gasteiger partial charge in [0.05, 0.1) is 11.6 Å². The third-order valence-electron chi connectivity index (χ3n) is 2.43. The number of ketones is 1. The van der Waals surface area contributed by atoms with Gasteiger partial charge in [0.25, 0.3) is 0 Å². The minimum absolute atomic E-state index is 0.183. The Labute approximate surface area is 90.7 Å². The maximum absolute atomic E-state index is 11.6. The summed E-state index contributed by atoms with van der Waals surface area (Å²) in [6.07, 6.45) is 2.42. The summed E-state index contributed by atoms with van der Waals surface area (Å²) in [4.78, 5) is 11.6. The van der Waals surface area contributed by atoms with Crippen LogP contribution in [0.2, 0.25) is 0 Å². The third kappa shape index (κ3) is 1.46. The molecule has 0 fully saturated rings. The molecule has 2 rings (SSSR count). The number of halogens is 1. The second-order valence-corrected chi connectivity index (χ2v) is 4.24. The molecule has 0 saturated carbocycles. The summed E-state index contributed by atoms with van der Waals surface area (Å²) in [6.45, 7) is 0. The third-order valence-corrected chi connectivity index (χ3v) is 3.06. The lowest BCUT2D eigenvalue weighted by Gasteiger charge is -2.16. The summed E-state index contributed by atoms with van der Waals surface area (Å²) in [6, 6.07) is 5.62. The van der Waals surface area contributed by atoms with E-state index in [2.05, 4.69) is 22.0 Å². The molecular formula is C11H8BrNO. The highest BCUT2D eigenvalue weighted by atomic mass is 79.9. The van der Waals surface area contributed by atoms with Gasteiger partial charge < -0.3 is 0 Å². The van der Waals surface area contributed by atoms with Crippen molar-refractivity contribution in [2.45, 2.75) is 19.3 Å². The summed E-state index contributed by atoms with van der Waals surface area (Å²) >= 11 is 3.34. The fraction of sp³-hybridized carbons (Fsp3) is 0.273. The Kier molecular flexibility index (Phi) is 2.39. The molecule has 0 atom stereocenters. The minimum Gasteiger partial charge on any atom is -0.294 e. The van der Waals surface area contributed by atoms with Gasteiger partial charge in [-0.15, -0.1) is 0 Å². The molecule has 0 amide bonds. The molecule has 70 valence electrons. The van der Waals surface area contributed by atoms with Crippen molar-refractivity contribution in [3.05, 3.63) is 33.3 Å². The van der Waals surface area contributed by atoms with E-state index in [-0.39, 0.29) is 5.78 Å². The smallest absolute Gasteiger partial charge is 0.164 e. The second kappa shape index (κ2) is 3.55. The van der Waals surface area contributed by atoms with Crippen molar-refractivity contribution in [1.29, 1.82) is 5.26 Å². The number of carbonyl (C=O) groups excluding carboxylic acids is 1. The van der Waals surface area contributed by atoms with Crippen LogP contribution in [0.15, 0.2) is 16.6 Å². The molecule has 1 aromatic carbocycles. The molecule has 0 aromatic heterocycles. The van der Waals surface area contributed by atoms with Gasteiger partial charge in [0.15, 0.2) is 5.78 Å². The Morgan fingerprint density at radius 3 is 2.86 bits per heavy atom. The Bertz CT molecular complexity index is 445. The first-order valence-electron chi connectivity index (χ1n) is 4.48. The normalized spacial score (nSPS) is 14.7. The molecule has 0 unspecified atom stereocenters. The van der Waals surface area contributed by atoms with E-state index in [1.165, 1.54) is 0 Å². The average Bonchev–Trinajstić information content (AvgIpc) is 2.17. The lowest BCUT2D eigenvalue weighted by atomic mass is 9.89. The van der Waals surface area contributed by atoms with E-state index in [1.807, 2.05) is 6.07 Å². The van der Waals surface area contributed by atoms with Crippen molar-refractivity contribution < 1.29 is 4.79 Å². The van der Waals surface area contributed by atoms with E-state index >= 15 is 0 Å². The Morgan fingerprint density at radius 2 is 2.14 bits per heavy atom. The number of nitriles is 1. The standard InChI is InChI=1S/C11H8BrNO/c12-9-5-7(6-13)4-8-2-1-3-10(14)11(8)9/h4-5H,1-3H2. The van der Waals surface area contributed by atoms with E-state index in [0.717, 1.165) is 28.4 Å². The molecule has 1 aliphatic carbocycles. The van der Waals surface area contributed by atoms with Gasteiger partial charge in [0.1, 0.15) is 0 Å². The topological polar surface area (TPSA) is 40.9 Å². The number of nitrogens with zero attached hydrogens (tertiary/aromatic N) is 1. The van der Waals surface area contributed by atoms with E-state index in [4.69, 9.17) is 5.26 Å². The Hall–Kier alpha value is -1.14. The fourth-order valence-electron chi connectivity index (χ4n) is 1.80. The second-order valence-electron chi connectivity index (χ2n) is 3.38. The molecule has 0 saturated heterocycles. The first-order valence-corrected chi connectivity index (χ1v) is 5.27. The molecule has 0 aliphatic heterocycles. The summed E-state index contributed by atoms with van der Waals surface area (Å²) in [5, 5.41) is 8.77. The van der Waals surface area contributed by atoms with Crippen LogP contribution >= 0.6 is 15.9 Å². The van der Waals surface area contributed by atoms with Gasteiger partial charge in [-0.1, -0.05) is 0 Å². The Morgan fingerprint density at radius 1 is 1.36 bits per heavy atom. The van der Waals surface area contributed by atoms with Crippen LogP contribution in [-0.4, -0.2) is 5.78 Å². The number of Topliss-reactive ketones (excluding diaryl/α,β-unsaturated/α-hetero) is 1. The number of hydrogen-bond acceptors (Lipinski definition) is 2. The van der Waals surface area contributed by atoms with Gasteiger partial charge in [-0.05, 0) is 46.5 Å². The highest BCUT2D eigenvalue weighted by molar-refractivity contribution is 9.10. The lowest BCUT2D eigenvalue weighted by Crippen LogP contribution is -2.11. The highest BCUT2D eigenvalue weighted by Crippen LogP contribution is 2.29. The molecule has 0 bridgehead atoms. The first-order chi connectivity index (χ1) is 6.72. The molecule has 0 radical (unpaired) electrons. The molecule has 1 aliphatic rings. The van der Waals surface area contributed by atoms with Crippen LogP contribution < -0.4 is 0 Å². The van der Waals surface area contributed by atoms with Gasteiger partial charge in [-0.25, -0.2) is 0 Å². The van der Waals surface area contributed by atoms with E-state index in [1.54, 1.807) is 6.07 Å². The summed E-state index contributed by atoms with van der Waals surface area (Å²) in [5.41, 5.74) is 2.40. The van der Waals surface area contributed by atoms with E-state index < -0.39 is 0 Å². The van der Waals surface area contributed by atoms with Crippen molar-refractivity contribution in [2.75, 3.05) is 0 Å². The zero-order valence-corrected chi connectivity index (χ0v) is 9.10. The van der Waals surface area contributed by atoms with Crippen molar-refractivity contribution >= 4 is 21.7 Å². The maximum atomic E-state index is 11.6. The number of rotatable bonds is 0. The van der Waals surface area contributed by atoms with Crippen molar-refractivity contribution in [3.63, 3.8) is 0 Å². The SMILES string of the molecule is N#Cc1cc(Br)c2c(c1)CCCC2=O. The van der Waals surface area contributed by atoms with Crippen LogP contribution in [0.4, 0.5) is 0 Å². The molecule has 0 spiro atoms. The predicted molar refractivity (Wildman–Crippen MR) is 56.1 cm³/mol. The number of hydrogen-bond donors (Lipinski definition) is 0. The zero-order chi connectivity index (χ0) is 10.1. The van der Waals surface area contributed by atoms with Gasteiger partial charge >= 0.3 is 0 Å². The quantitative estimate of drug-likeness (QED) is 0.710. The maximum Gasteiger partial charge on any atom is 0.164 e. The molecule has 3 heteroatoms. The predicted octanol–water partition coefficient (Wildman–Crippen LogP) is 2.84. The van der Waals surface area contributed by atoms with Crippen LogP contribution in [0.5, 0.6) is 0 Å². The van der Waals surface area contributed by atoms with Crippen LogP contribution in [0, 0.1) is 11.3 Å². The molecule has 2 nitrogen and oxygen atoms in total. The Balaban J connectivity index is 2.64. The summed E-state index contributed by atoms with van der Waals surface area (Å²) in [5.74, 6) is 0.183. The molecule has 14 heavy (non-hydrogen) atoms. The van der Waals surface area contributed by atoms with Gasteiger partial charge in [-0.3, -0.25) is 4.79 Å². The number of fused-ring (bicyclic) bond motifs is 1. The number of aryl methyl sites for hydroxylation is 1. The minimum atomic E-state index is 0.183. The zero-order valence-electron chi connectivity index (χ0n) is 7.51. The largest absolute Gasteiger partial charge is 0.294 e. The monoisotopic (exact) mass is 249 g/mol. The number of carbonyl (C=O) groups is 1. The number of benzene rings is 1. The summed E-state index contributed by atoms with van der Waals surface area (Å²) in [7, 11) is 0. The van der Waals surface area contributed by atoms with Gasteiger partial charge in [0.2, 0.25) is 0 Å². The van der Waals surface area contributed by atoms with Crippen LogP contribution in [0.25, 0.3) is 0 Å². The van der Waals surface area contributed by atoms with Crippen LogP contribution in [0.3, 0.4) is 0 Å².